The average Bonchev–Trinajstić information content (AvgIpc) is 2.38. The fraction of sp³-hybridized carbons (Fsp3) is 0.154. The van der Waals surface area contributed by atoms with Gasteiger partial charge in [-0.2, -0.15) is 13.2 Å². The summed E-state index contributed by atoms with van der Waals surface area (Å²) in [7, 11) is 0. The van der Waals surface area contributed by atoms with Crippen LogP contribution in [0.5, 0.6) is 0 Å². The maximum absolute atomic E-state index is 12.6. The Morgan fingerprint density at radius 1 is 1.06 bits per heavy atom. The molecule has 94 valence electrons. The number of alkyl halides is 3. The highest BCUT2D eigenvalue weighted by atomic mass is 19.4. The highest BCUT2D eigenvalue weighted by molar-refractivity contribution is 5.66. The number of halogens is 3. The Kier molecular flexibility index (Phi) is 3.34. The molecule has 0 amide bonds. The Morgan fingerprint density at radius 3 is 2.33 bits per heavy atom. The molecule has 0 spiro atoms. The van der Waals surface area contributed by atoms with Gasteiger partial charge in [0.25, 0.3) is 0 Å². The van der Waals surface area contributed by atoms with Crippen molar-refractivity contribution >= 4 is 0 Å². The molecule has 1 N–H and O–H groups in total. The van der Waals surface area contributed by atoms with Gasteiger partial charge in [0.1, 0.15) is 0 Å². The molecule has 2 nitrogen and oxygen atoms in total. The van der Waals surface area contributed by atoms with E-state index in [0.717, 1.165) is 0 Å². The molecule has 2 aromatic rings. The lowest BCUT2D eigenvalue weighted by atomic mass is 9.98. The van der Waals surface area contributed by atoms with Crippen molar-refractivity contribution in [2.45, 2.75) is 12.3 Å². The molecule has 0 aliphatic rings. The largest absolute Gasteiger partial charge is 0.418 e. The van der Waals surface area contributed by atoms with E-state index in [1.807, 2.05) is 0 Å². The van der Waals surface area contributed by atoms with Gasteiger partial charge in [-0.05, 0) is 11.6 Å². The second kappa shape index (κ2) is 4.78. The highest BCUT2D eigenvalue weighted by Crippen LogP contribution is 2.37. The van der Waals surface area contributed by atoms with E-state index in [9.17, 15) is 18.3 Å². The molecule has 1 aromatic heterocycles. The van der Waals surface area contributed by atoms with Gasteiger partial charge in [0.2, 0.25) is 0 Å². The molecule has 0 aliphatic carbocycles. The van der Waals surface area contributed by atoms with Crippen LogP contribution in [0.4, 0.5) is 13.2 Å². The number of hydrogen-bond acceptors (Lipinski definition) is 2. The predicted octanol–water partition coefficient (Wildman–Crippen LogP) is 3.34. The summed E-state index contributed by atoms with van der Waals surface area (Å²) in [5.74, 6) is 0. The molecular weight excluding hydrogens is 243 g/mol. The molecule has 0 aliphatic heterocycles. The normalized spacial score (nSPS) is 13.3. The number of benzene rings is 1. The fourth-order valence-corrected chi connectivity index (χ4v) is 1.68. The van der Waals surface area contributed by atoms with Crippen molar-refractivity contribution in [3.8, 4) is 11.1 Å². The second-order valence-electron chi connectivity index (χ2n) is 3.77. The van der Waals surface area contributed by atoms with E-state index < -0.39 is 12.3 Å². The topological polar surface area (TPSA) is 33.1 Å². The molecule has 0 radical (unpaired) electrons. The minimum atomic E-state index is -4.69. The number of aliphatic hydroxyl groups is 1. The Bertz CT molecular complexity index is 525. The summed E-state index contributed by atoms with van der Waals surface area (Å²) in [6.45, 7) is 0. The second-order valence-corrected chi connectivity index (χ2v) is 3.77. The number of aromatic nitrogens is 1. The standard InChI is InChI=1S/C13H10F3NO/c14-13(15,16)12(18)10-6-7-17-8-11(10)9-4-2-1-3-5-9/h1-8,12,18H. The molecule has 1 heterocycles. The first kappa shape index (κ1) is 12.6. The summed E-state index contributed by atoms with van der Waals surface area (Å²) in [6, 6.07) is 9.71. The van der Waals surface area contributed by atoms with Gasteiger partial charge in [-0.3, -0.25) is 4.98 Å². The predicted molar refractivity (Wildman–Crippen MR) is 60.7 cm³/mol. The highest BCUT2D eigenvalue weighted by Gasteiger charge is 2.40. The third-order valence-corrected chi connectivity index (χ3v) is 2.54. The minimum Gasteiger partial charge on any atom is -0.379 e. The summed E-state index contributed by atoms with van der Waals surface area (Å²) >= 11 is 0. The first-order valence-corrected chi connectivity index (χ1v) is 5.24. The van der Waals surface area contributed by atoms with E-state index in [1.54, 1.807) is 30.3 Å². The van der Waals surface area contributed by atoms with Gasteiger partial charge >= 0.3 is 6.18 Å². The molecule has 1 atom stereocenters. The van der Waals surface area contributed by atoms with Gasteiger partial charge in [-0.15, -0.1) is 0 Å². The molecule has 18 heavy (non-hydrogen) atoms. The number of rotatable bonds is 2. The van der Waals surface area contributed by atoms with Crippen molar-refractivity contribution in [1.82, 2.24) is 4.98 Å². The van der Waals surface area contributed by atoms with Crippen LogP contribution in [0.25, 0.3) is 11.1 Å². The number of aliphatic hydroxyl groups excluding tert-OH is 1. The van der Waals surface area contributed by atoms with Gasteiger partial charge in [0.05, 0.1) is 0 Å². The number of pyridine rings is 1. The van der Waals surface area contributed by atoms with E-state index in [0.29, 0.717) is 5.56 Å². The van der Waals surface area contributed by atoms with Crippen LogP contribution in [0.15, 0.2) is 48.8 Å². The molecule has 0 bridgehead atoms. The van der Waals surface area contributed by atoms with Crippen molar-refractivity contribution in [2.75, 3.05) is 0 Å². The summed E-state index contributed by atoms with van der Waals surface area (Å²) in [5, 5.41) is 9.35. The Morgan fingerprint density at radius 2 is 1.72 bits per heavy atom. The lowest BCUT2D eigenvalue weighted by molar-refractivity contribution is -0.206. The molecule has 0 saturated carbocycles. The molecule has 0 saturated heterocycles. The van der Waals surface area contributed by atoms with Crippen LogP contribution in [-0.4, -0.2) is 16.3 Å². The zero-order chi connectivity index (χ0) is 13.2. The fourth-order valence-electron chi connectivity index (χ4n) is 1.68. The van der Waals surface area contributed by atoms with Gasteiger partial charge in [0, 0.05) is 23.5 Å². The molecular formula is C13H10F3NO. The van der Waals surface area contributed by atoms with Gasteiger partial charge in [-0.25, -0.2) is 0 Å². The molecule has 5 heteroatoms. The van der Waals surface area contributed by atoms with E-state index in [4.69, 9.17) is 0 Å². The minimum absolute atomic E-state index is 0.191. The summed E-state index contributed by atoms with van der Waals surface area (Å²) < 4.78 is 37.7. The maximum atomic E-state index is 12.6. The van der Waals surface area contributed by atoms with E-state index in [2.05, 4.69) is 4.98 Å². The Labute approximate surface area is 102 Å². The summed E-state index contributed by atoms with van der Waals surface area (Å²) in [6.07, 6.45) is -4.64. The van der Waals surface area contributed by atoms with Gasteiger partial charge in [-0.1, -0.05) is 30.3 Å². The van der Waals surface area contributed by atoms with Gasteiger partial charge in [0.15, 0.2) is 6.10 Å². The van der Waals surface area contributed by atoms with E-state index >= 15 is 0 Å². The van der Waals surface area contributed by atoms with Crippen molar-refractivity contribution in [2.24, 2.45) is 0 Å². The van der Waals surface area contributed by atoms with Crippen LogP contribution in [-0.2, 0) is 0 Å². The van der Waals surface area contributed by atoms with Crippen molar-refractivity contribution in [3.05, 3.63) is 54.4 Å². The van der Waals surface area contributed by atoms with Crippen LogP contribution >= 0.6 is 0 Å². The first-order chi connectivity index (χ1) is 8.50. The third kappa shape index (κ3) is 2.51. The third-order valence-electron chi connectivity index (χ3n) is 2.54. The Hall–Kier alpha value is -1.88. The smallest absolute Gasteiger partial charge is 0.379 e. The zero-order valence-corrected chi connectivity index (χ0v) is 9.22. The zero-order valence-electron chi connectivity index (χ0n) is 9.22. The molecule has 1 unspecified atom stereocenters. The van der Waals surface area contributed by atoms with Crippen molar-refractivity contribution in [3.63, 3.8) is 0 Å². The number of hydrogen-bond donors (Lipinski definition) is 1. The van der Waals surface area contributed by atoms with Crippen LogP contribution in [0.2, 0.25) is 0 Å². The molecule has 0 fully saturated rings. The van der Waals surface area contributed by atoms with E-state index in [1.165, 1.54) is 18.5 Å². The average molecular weight is 253 g/mol. The summed E-state index contributed by atoms with van der Waals surface area (Å²) in [4.78, 5) is 3.81. The SMILES string of the molecule is OC(c1ccncc1-c1ccccc1)C(F)(F)F. The van der Waals surface area contributed by atoms with E-state index in [-0.39, 0.29) is 11.1 Å². The molecule has 1 aromatic carbocycles. The monoisotopic (exact) mass is 253 g/mol. The van der Waals surface area contributed by atoms with Crippen molar-refractivity contribution in [1.29, 1.82) is 0 Å². The first-order valence-electron chi connectivity index (χ1n) is 5.24. The lowest BCUT2D eigenvalue weighted by Crippen LogP contribution is -2.20. The maximum Gasteiger partial charge on any atom is 0.418 e. The van der Waals surface area contributed by atoms with Crippen LogP contribution in [0.3, 0.4) is 0 Å². The molecule has 2 rings (SSSR count). The van der Waals surface area contributed by atoms with Crippen LogP contribution in [0.1, 0.15) is 11.7 Å². The quantitative estimate of drug-likeness (QED) is 0.890. The van der Waals surface area contributed by atoms with Gasteiger partial charge < -0.3 is 5.11 Å². The Balaban J connectivity index is 2.51. The van der Waals surface area contributed by atoms with Crippen LogP contribution < -0.4 is 0 Å². The lowest BCUT2D eigenvalue weighted by Gasteiger charge is -2.17. The summed E-state index contributed by atoms with van der Waals surface area (Å²) in [5.41, 5.74) is 0.676. The van der Waals surface area contributed by atoms with Crippen molar-refractivity contribution < 1.29 is 18.3 Å². The van der Waals surface area contributed by atoms with Crippen LogP contribution in [0, 0.1) is 0 Å². The number of nitrogens with zero attached hydrogens (tertiary/aromatic N) is 1.